The maximum atomic E-state index is 6.90. The van der Waals surface area contributed by atoms with Crippen LogP contribution in [0, 0.1) is 0 Å². The summed E-state index contributed by atoms with van der Waals surface area (Å²) in [7, 11) is 0. The molecule has 204 valence electrons. The predicted molar refractivity (Wildman–Crippen MR) is 141 cm³/mol. The van der Waals surface area contributed by atoms with E-state index in [0.29, 0.717) is 13.2 Å². The Bertz CT molecular complexity index is 935. The van der Waals surface area contributed by atoms with Gasteiger partial charge in [0, 0.05) is 25.7 Å². The SMILES string of the molecule is c1ccc(COC2[C@H]3OC4(CCCCC4)O[C@@H]3C(OCc3ccccc3)[C@H]3OC4(CCCCC4)O[C@H]23)cc1. The number of fused-ring (bicyclic) bond motifs is 2. The molecule has 2 spiro atoms. The van der Waals surface area contributed by atoms with Crippen LogP contribution < -0.4 is 0 Å². The number of rotatable bonds is 6. The monoisotopic (exact) mass is 520 g/mol. The lowest BCUT2D eigenvalue weighted by atomic mass is 9.84. The lowest BCUT2D eigenvalue weighted by Crippen LogP contribution is -2.62. The Kier molecular flexibility index (Phi) is 7.05. The zero-order chi connectivity index (χ0) is 25.4. The van der Waals surface area contributed by atoms with Gasteiger partial charge < -0.3 is 28.4 Å². The van der Waals surface area contributed by atoms with Crippen LogP contribution in [0.5, 0.6) is 0 Å². The third kappa shape index (κ3) is 4.85. The molecule has 2 saturated heterocycles. The van der Waals surface area contributed by atoms with Crippen LogP contribution in [0.3, 0.4) is 0 Å². The van der Waals surface area contributed by atoms with Gasteiger partial charge in [0.15, 0.2) is 11.6 Å². The Morgan fingerprint density at radius 1 is 0.500 bits per heavy atom. The summed E-state index contributed by atoms with van der Waals surface area (Å²) in [4.78, 5) is 0. The summed E-state index contributed by atoms with van der Waals surface area (Å²) < 4.78 is 41.0. The average molecular weight is 521 g/mol. The van der Waals surface area contributed by atoms with E-state index in [1.54, 1.807) is 0 Å². The van der Waals surface area contributed by atoms with Gasteiger partial charge >= 0.3 is 0 Å². The van der Waals surface area contributed by atoms with Crippen molar-refractivity contribution >= 4 is 0 Å². The van der Waals surface area contributed by atoms with Crippen molar-refractivity contribution in [2.45, 2.75) is 126 Å². The van der Waals surface area contributed by atoms with Crippen molar-refractivity contribution in [3.05, 3.63) is 71.8 Å². The van der Waals surface area contributed by atoms with E-state index in [2.05, 4.69) is 48.5 Å². The topological polar surface area (TPSA) is 55.4 Å². The predicted octanol–water partition coefficient (Wildman–Crippen LogP) is 6.06. The molecule has 3 aliphatic carbocycles. The minimum absolute atomic E-state index is 0.263. The van der Waals surface area contributed by atoms with Crippen molar-refractivity contribution in [2.75, 3.05) is 0 Å². The molecule has 5 fully saturated rings. The molecular formula is C32H40O6. The normalized spacial score (nSPS) is 35.3. The zero-order valence-corrected chi connectivity index (χ0v) is 22.2. The van der Waals surface area contributed by atoms with Gasteiger partial charge in [-0.05, 0) is 36.8 Å². The van der Waals surface area contributed by atoms with Crippen LogP contribution in [0.15, 0.2) is 60.7 Å². The third-order valence-corrected chi connectivity index (χ3v) is 9.15. The third-order valence-electron chi connectivity index (χ3n) is 9.15. The summed E-state index contributed by atoms with van der Waals surface area (Å²) in [6, 6.07) is 20.7. The molecule has 5 aliphatic rings. The molecule has 6 nitrogen and oxygen atoms in total. The van der Waals surface area contributed by atoms with E-state index in [4.69, 9.17) is 28.4 Å². The maximum absolute atomic E-state index is 6.90. The molecule has 0 unspecified atom stereocenters. The summed E-state index contributed by atoms with van der Waals surface area (Å²) in [6.07, 6.45) is 8.96. The molecule has 4 atom stereocenters. The van der Waals surface area contributed by atoms with Crippen molar-refractivity contribution in [1.82, 2.24) is 0 Å². The van der Waals surface area contributed by atoms with E-state index in [0.717, 1.165) is 62.5 Å². The molecule has 0 aromatic heterocycles. The van der Waals surface area contributed by atoms with Gasteiger partial charge in [-0.1, -0.05) is 73.5 Å². The van der Waals surface area contributed by atoms with Gasteiger partial charge in [-0.2, -0.15) is 0 Å². The fourth-order valence-corrected chi connectivity index (χ4v) is 7.27. The Balaban J connectivity index is 1.20. The lowest BCUT2D eigenvalue weighted by molar-refractivity contribution is -0.229. The largest absolute Gasteiger partial charge is 0.368 e. The van der Waals surface area contributed by atoms with Gasteiger partial charge in [-0.25, -0.2) is 0 Å². The van der Waals surface area contributed by atoms with Crippen molar-refractivity contribution in [3.63, 3.8) is 0 Å². The van der Waals surface area contributed by atoms with Crippen molar-refractivity contribution < 1.29 is 28.4 Å². The van der Waals surface area contributed by atoms with Crippen LogP contribution in [0.2, 0.25) is 0 Å². The summed E-state index contributed by atoms with van der Waals surface area (Å²) in [5.74, 6) is -1.12. The molecule has 2 aromatic carbocycles. The highest BCUT2D eigenvalue weighted by molar-refractivity contribution is 5.16. The Hall–Kier alpha value is -1.80. The second-order valence-corrected chi connectivity index (χ2v) is 11.8. The van der Waals surface area contributed by atoms with Gasteiger partial charge in [-0.3, -0.25) is 0 Å². The number of hydrogen-bond donors (Lipinski definition) is 0. The van der Waals surface area contributed by atoms with Gasteiger partial charge in [0.05, 0.1) is 13.2 Å². The first-order valence-electron chi connectivity index (χ1n) is 14.8. The van der Waals surface area contributed by atoms with Crippen molar-refractivity contribution in [3.8, 4) is 0 Å². The first-order valence-corrected chi connectivity index (χ1v) is 14.8. The van der Waals surface area contributed by atoms with Crippen LogP contribution >= 0.6 is 0 Å². The van der Waals surface area contributed by atoms with Crippen molar-refractivity contribution in [1.29, 1.82) is 0 Å². The van der Waals surface area contributed by atoms with E-state index in [1.165, 1.54) is 12.8 Å². The molecule has 6 heteroatoms. The number of ether oxygens (including phenoxy) is 6. The Morgan fingerprint density at radius 3 is 1.18 bits per heavy atom. The first-order chi connectivity index (χ1) is 18.7. The van der Waals surface area contributed by atoms with Crippen LogP contribution in [0.4, 0.5) is 0 Å². The van der Waals surface area contributed by atoms with Crippen molar-refractivity contribution in [2.24, 2.45) is 0 Å². The van der Waals surface area contributed by atoms with E-state index < -0.39 is 11.6 Å². The second-order valence-electron chi connectivity index (χ2n) is 11.8. The molecule has 2 aliphatic heterocycles. The maximum Gasteiger partial charge on any atom is 0.169 e. The van der Waals surface area contributed by atoms with E-state index >= 15 is 0 Å². The highest BCUT2D eigenvalue weighted by Crippen LogP contribution is 2.52. The average Bonchev–Trinajstić information content (AvgIpc) is 3.50. The number of hydrogen-bond acceptors (Lipinski definition) is 6. The zero-order valence-electron chi connectivity index (χ0n) is 22.2. The standard InChI is InChI=1S/C32H40O6/c1-5-13-23(14-6-1)21-33-25-27-29(37-31(35-27)17-9-3-10-18-31)26(34-22-24-15-7-2-8-16-24)30-28(25)36-32(38-30)19-11-4-12-20-32/h1-2,5-8,13-16,25-30H,3-4,9-12,17-22H2/t25?,26?,27-,28-,29-,30-/m1/s1. The summed E-state index contributed by atoms with van der Waals surface area (Å²) >= 11 is 0. The number of benzene rings is 2. The molecule has 0 N–H and O–H groups in total. The molecule has 0 amide bonds. The van der Waals surface area contributed by atoms with E-state index in [-0.39, 0.29) is 36.6 Å². The second kappa shape index (κ2) is 10.6. The van der Waals surface area contributed by atoms with E-state index in [1.807, 2.05) is 12.1 Å². The smallest absolute Gasteiger partial charge is 0.169 e. The molecule has 7 rings (SSSR count). The van der Waals surface area contributed by atoms with Crippen LogP contribution in [-0.2, 0) is 41.6 Å². The molecule has 2 aromatic rings. The summed E-state index contributed by atoms with van der Waals surface area (Å²) in [5.41, 5.74) is 2.28. The molecule has 3 saturated carbocycles. The lowest BCUT2D eigenvalue weighted by Gasteiger charge is -2.42. The van der Waals surface area contributed by atoms with Gasteiger partial charge in [0.2, 0.25) is 0 Å². The molecular weight excluding hydrogens is 480 g/mol. The highest BCUT2D eigenvalue weighted by atomic mass is 16.8. The molecule has 2 heterocycles. The van der Waals surface area contributed by atoms with Gasteiger partial charge in [0.1, 0.15) is 36.6 Å². The van der Waals surface area contributed by atoms with Gasteiger partial charge in [0.25, 0.3) is 0 Å². The van der Waals surface area contributed by atoms with Crippen LogP contribution in [0.25, 0.3) is 0 Å². The Morgan fingerprint density at radius 2 is 0.842 bits per heavy atom. The first kappa shape index (κ1) is 25.2. The minimum atomic E-state index is -0.558. The van der Waals surface area contributed by atoms with E-state index in [9.17, 15) is 0 Å². The molecule has 0 bridgehead atoms. The van der Waals surface area contributed by atoms with Crippen LogP contribution in [-0.4, -0.2) is 48.2 Å². The Labute approximate surface area is 225 Å². The van der Waals surface area contributed by atoms with Gasteiger partial charge in [-0.15, -0.1) is 0 Å². The van der Waals surface area contributed by atoms with Crippen LogP contribution in [0.1, 0.15) is 75.3 Å². The highest BCUT2D eigenvalue weighted by Gasteiger charge is 2.66. The molecule has 0 radical (unpaired) electrons. The quantitative estimate of drug-likeness (QED) is 0.462. The minimum Gasteiger partial charge on any atom is -0.368 e. The summed E-state index contributed by atoms with van der Waals surface area (Å²) in [6.45, 7) is 1.00. The fourth-order valence-electron chi connectivity index (χ4n) is 7.27. The fraction of sp³-hybridized carbons (Fsp3) is 0.625. The molecule has 38 heavy (non-hydrogen) atoms. The summed E-state index contributed by atoms with van der Waals surface area (Å²) in [5, 5.41) is 0.